The first-order valence-corrected chi connectivity index (χ1v) is 5.81. The third-order valence-electron chi connectivity index (χ3n) is 2.81. The second-order valence-electron chi connectivity index (χ2n) is 4.38. The summed E-state index contributed by atoms with van der Waals surface area (Å²) < 4.78 is 4.98. The molecule has 1 aliphatic rings. The highest BCUT2D eigenvalue weighted by molar-refractivity contribution is 5.84. The molecule has 0 bridgehead atoms. The minimum atomic E-state index is -1.70. The topological polar surface area (TPSA) is 157 Å². The van der Waals surface area contributed by atoms with E-state index in [0.717, 1.165) is 13.0 Å². The summed E-state index contributed by atoms with van der Waals surface area (Å²) in [4.78, 5) is 21.9. The molecule has 1 heterocycles. The predicted molar refractivity (Wildman–Crippen MR) is 63.3 cm³/mol. The van der Waals surface area contributed by atoms with Gasteiger partial charge in [0.25, 0.3) is 0 Å². The van der Waals surface area contributed by atoms with E-state index < -0.39 is 54.7 Å². The molecule has 1 amide bonds. The van der Waals surface area contributed by atoms with Crippen LogP contribution in [-0.4, -0.2) is 74.5 Å². The molecule has 4 unspecified atom stereocenters. The van der Waals surface area contributed by atoms with Crippen LogP contribution in [0.15, 0.2) is 11.8 Å². The van der Waals surface area contributed by atoms with Gasteiger partial charge in [0.05, 0.1) is 12.6 Å². The molecule has 114 valence electrons. The number of aliphatic hydroxyl groups excluding tert-OH is 4. The first kappa shape index (κ1) is 16.4. The van der Waals surface area contributed by atoms with E-state index in [4.69, 9.17) is 14.9 Å². The summed E-state index contributed by atoms with van der Waals surface area (Å²) >= 11 is 0. The quantitative estimate of drug-likeness (QED) is 0.311. The lowest BCUT2D eigenvalue weighted by Crippen LogP contribution is -2.59. The molecule has 1 rings (SSSR count). The molecule has 0 fully saturated rings. The molecule has 0 aromatic rings. The van der Waals surface area contributed by atoms with Crippen molar-refractivity contribution in [3.8, 4) is 0 Å². The highest BCUT2D eigenvalue weighted by atomic mass is 16.5. The van der Waals surface area contributed by atoms with Crippen LogP contribution >= 0.6 is 0 Å². The van der Waals surface area contributed by atoms with Gasteiger partial charge in [-0.3, -0.25) is 4.79 Å². The average molecular weight is 291 g/mol. The van der Waals surface area contributed by atoms with Gasteiger partial charge in [-0.15, -0.1) is 0 Å². The van der Waals surface area contributed by atoms with Crippen molar-refractivity contribution in [2.24, 2.45) is 0 Å². The molecule has 0 aliphatic carbocycles. The number of aliphatic hydroxyl groups is 4. The van der Waals surface area contributed by atoms with Crippen LogP contribution in [0.2, 0.25) is 0 Å². The van der Waals surface area contributed by atoms with E-state index >= 15 is 0 Å². The van der Waals surface area contributed by atoms with Crippen molar-refractivity contribution in [2.45, 2.75) is 37.4 Å². The maximum atomic E-state index is 11.1. The summed E-state index contributed by atoms with van der Waals surface area (Å²) in [7, 11) is 0. The second-order valence-corrected chi connectivity index (χ2v) is 4.38. The van der Waals surface area contributed by atoms with Crippen LogP contribution in [-0.2, 0) is 14.3 Å². The Kier molecular flexibility index (Phi) is 5.45. The van der Waals surface area contributed by atoms with Gasteiger partial charge in [0, 0.05) is 6.92 Å². The van der Waals surface area contributed by atoms with Gasteiger partial charge in [-0.05, 0) is 6.08 Å². The molecule has 0 aromatic carbocycles. The molecule has 0 spiro atoms. The zero-order valence-corrected chi connectivity index (χ0v) is 10.6. The summed E-state index contributed by atoms with van der Waals surface area (Å²) in [5, 5.41) is 49.0. The number of ether oxygens (including phenoxy) is 1. The number of nitrogens with one attached hydrogen (secondary N) is 1. The number of hydrogen-bond acceptors (Lipinski definition) is 7. The molecule has 20 heavy (non-hydrogen) atoms. The van der Waals surface area contributed by atoms with Crippen molar-refractivity contribution < 1.29 is 39.9 Å². The molecular formula is C11H17NO8. The van der Waals surface area contributed by atoms with Gasteiger partial charge < -0.3 is 35.6 Å². The zero-order valence-electron chi connectivity index (χ0n) is 10.6. The smallest absolute Gasteiger partial charge is 0.370 e. The highest BCUT2D eigenvalue weighted by Crippen LogP contribution is 2.22. The number of carbonyl (C=O) groups is 2. The van der Waals surface area contributed by atoms with Crippen LogP contribution in [0.3, 0.4) is 0 Å². The molecule has 5 atom stereocenters. The number of carboxylic acid groups (broad SMARTS) is 1. The van der Waals surface area contributed by atoms with E-state index in [1.807, 2.05) is 0 Å². The minimum absolute atomic E-state index is 0.541. The number of carboxylic acids is 1. The number of hydrogen-bond donors (Lipinski definition) is 6. The van der Waals surface area contributed by atoms with E-state index in [1.165, 1.54) is 0 Å². The number of rotatable bonds is 5. The zero-order chi connectivity index (χ0) is 15.4. The van der Waals surface area contributed by atoms with Gasteiger partial charge in [0.2, 0.25) is 11.7 Å². The molecule has 0 radical (unpaired) electrons. The van der Waals surface area contributed by atoms with Crippen molar-refractivity contribution in [1.82, 2.24) is 5.32 Å². The molecule has 0 aromatic heterocycles. The van der Waals surface area contributed by atoms with Crippen LogP contribution < -0.4 is 5.32 Å². The molecule has 1 aliphatic heterocycles. The van der Waals surface area contributed by atoms with Crippen LogP contribution in [0, 0.1) is 0 Å². The Morgan fingerprint density at radius 3 is 2.50 bits per heavy atom. The van der Waals surface area contributed by atoms with E-state index in [2.05, 4.69) is 5.32 Å². The molecule has 0 saturated heterocycles. The number of amides is 1. The monoisotopic (exact) mass is 291 g/mol. The lowest BCUT2D eigenvalue weighted by Gasteiger charge is -2.37. The standard InChI is InChI=1S/C11H17NO8/c1-4(14)12-8-5(15)2-7(11(18)19)20-10(8)9(17)6(16)3-13/h2,5-6,8-10,13,15-17H,3H2,1H3,(H,12,14)(H,18,19)/t5?,6?,8?,9?,10-/m1/s1. The fourth-order valence-corrected chi connectivity index (χ4v) is 1.85. The summed E-state index contributed by atoms with van der Waals surface area (Å²) in [6, 6.07) is -1.16. The van der Waals surface area contributed by atoms with Crippen LogP contribution in [0.1, 0.15) is 6.92 Å². The van der Waals surface area contributed by atoms with Crippen molar-refractivity contribution in [3.63, 3.8) is 0 Å². The van der Waals surface area contributed by atoms with Gasteiger partial charge in [0.15, 0.2) is 6.10 Å². The normalized spacial score (nSPS) is 28.9. The molecule has 0 saturated carbocycles. The van der Waals surface area contributed by atoms with Crippen LogP contribution in [0.25, 0.3) is 0 Å². The fourth-order valence-electron chi connectivity index (χ4n) is 1.85. The maximum absolute atomic E-state index is 11.1. The Morgan fingerprint density at radius 2 is 2.05 bits per heavy atom. The van der Waals surface area contributed by atoms with Crippen LogP contribution in [0.5, 0.6) is 0 Å². The van der Waals surface area contributed by atoms with E-state index in [-0.39, 0.29) is 0 Å². The first-order chi connectivity index (χ1) is 9.27. The Morgan fingerprint density at radius 1 is 1.45 bits per heavy atom. The number of aliphatic carboxylic acids is 1. The number of carbonyl (C=O) groups excluding carboxylic acids is 1. The fraction of sp³-hybridized carbons (Fsp3) is 0.636. The van der Waals surface area contributed by atoms with Crippen molar-refractivity contribution >= 4 is 11.9 Å². The molecule has 9 heteroatoms. The minimum Gasteiger partial charge on any atom is -0.478 e. The molecule has 6 N–H and O–H groups in total. The molecular weight excluding hydrogens is 274 g/mol. The SMILES string of the molecule is CC(=O)NC1C(O)C=C(C(=O)O)O[C@H]1C(O)C(O)CO. The second kappa shape index (κ2) is 6.66. The highest BCUT2D eigenvalue weighted by Gasteiger charge is 2.42. The van der Waals surface area contributed by atoms with Crippen LogP contribution in [0.4, 0.5) is 0 Å². The van der Waals surface area contributed by atoms with Gasteiger partial charge >= 0.3 is 5.97 Å². The summed E-state index contributed by atoms with van der Waals surface area (Å²) in [6.45, 7) is 0.366. The van der Waals surface area contributed by atoms with E-state index in [1.54, 1.807) is 0 Å². The maximum Gasteiger partial charge on any atom is 0.370 e. The first-order valence-electron chi connectivity index (χ1n) is 5.81. The van der Waals surface area contributed by atoms with Crippen molar-refractivity contribution in [1.29, 1.82) is 0 Å². The van der Waals surface area contributed by atoms with Crippen molar-refractivity contribution in [3.05, 3.63) is 11.8 Å². The van der Waals surface area contributed by atoms with Gasteiger partial charge in [-0.25, -0.2) is 4.79 Å². The van der Waals surface area contributed by atoms with E-state index in [0.29, 0.717) is 0 Å². The summed E-state index contributed by atoms with van der Waals surface area (Å²) in [5.74, 6) is -2.63. The van der Waals surface area contributed by atoms with E-state index in [9.17, 15) is 24.9 Å². The summed E-state index contributed by atoms with van der Waals surface area (Å²) in [6.07, 6.45) is -5.29. The predicted octanol–water partition coefficient (Wildman–Crippen LogP) is -3.07. The third-order valence-corrected chi connectivity index (χ3v) is 2.81. The Hall–Kier alpha value is -1.68. The Labute approximate surface area is 114 Å². The van der Waals surface area contributed by atoms with Gasteiger partial charge in [0.1, 0.15) is 18.3 Å². The third kappa shape index (κ3) is 3.67. The van der Waals surface area contributed by atoms with Crippen molar-refractivity contribution in [2.75, 3.05) is 6.61 Å². The molecule has 9 nitrogen and oxygen atoms in total. The average Bonchev–Trinajstić information content (AvgIpc) is 2.38. The Bertz CT molecular complexity index is 409. The lowest BCUT2D eigenvalue weighted by molar-refractivity contribution is -0.149. The summed E-state index contributed by atoms with van der Waals surface area (Å²) in [5.41, 5.74) is 0. The largest absolute Gasteiger partial charge is 0.478 e. The Balaban J connectivity index is 3.04. The van der Waals surface area contributed by atoms with Gasteiger partial charge in [-0.1, -0.05) is 0 Å². The lowest BCUT2D eigenvalue weighted by atomic mass is 9.94. The van der Waals surface area contributed by atoms with Gasteiger partial charge in [-0.2, -0.15) is 0 Å².